The molecule has 1 aromatic carbocycles. The standard InChI is InChI=1S/C25H38N2OS/c1-17-11-12-18(16-29(9,10)24(5,6)7)13-19(17)20-14-22(23(2,3)4)27-25(8,28)21(20)15-26/h11-14,27-28H,16H2,1-10H3. The van der Waals surface area contributed by atoms with Crippen molar-refractivity contribution in [1.82, 2.24) is 5.32 Å². The van der Waals surface area contributed by atoms with E-state index in [4.69, 9.17) is 0 Å². The van der Waals surface area contributed by atoms with Crippen molar-refractivity contribution in [3.05, 3.63) is 52.2 Å². The number of nitrogens with zero attached hydrogens (tertiary/aromatic N) is 1. The third-order valence-corrected chi connectivity index (χ3v) is 10.5. The van der Waals surface area contributed by atoms with Crippen molar-refractivity contribution >= 4 is 15.6 Å². The van der Waals surface area contributed by atoms with Gasteiger partial charge in [0.2, 0.25) is 0 Å². The van der Waals surface area contributed by atoms with E-state index >= 15 is 0 Å². The number of rotatable bonds is 3. The molecule has 1 atom stereocenters. The van der Waals surface area contributed by atoms with Crippen LogP contribution in [-0.2, 0) is 5.75 Å². The number of dihydropyridines is 1. The van der Waals surface area contributed by atoms with Crippen molar-refractivity contribution in [2.24, 2.45) is 5.41 Å². The van der Waals surface area contributed by atoms with E-state index < -0.39 is 15.8 Å². The highest BCUT2D eigenvalue weighted by molar-refractivity contribution is 8.33. The van der Waals surface area contributed by atoms with Crippen LogP contribution in [0.2, 0.25) is 0 Å². The van der Waals surface area contributed by atoms with Crippen LogP contribution >= 0.6 is 10.0 Å². The average molecular weight is 415 g/mol. The van der Waals surface area contributed by atoms with Gasteiger partial charge in [-0.05, 0) is 53.9 Å². The van der Waals surface area contributed by atoms with Crippen LogP contribution < -0.4 is 5.32 Å². The van der Waals surface area contributed by atoms with Gasteiger partial charge < -0.3 is 10.4 Å². The van der Waals surface area contributed by atoms with Crippen molar-refractivity contribution in [2.75, 3.05) is 12.5 Å². The third kappa shape index (κ3) is 4.90. The number of allylic oxidation sites excluding steroid dienone is 3. The molecule has 0 saturated heterocycles. The van der Waals surface area contributed by atoms with E-state index in [-0.39, 0.29) is 10.2 Å². The molecule has 2 rings (SSSR count). The van der Waals surface area contributed by atoms with Crippen molar-refractivity contribution in [3.8, 4) is 6.07 Å². The molecule has 2 N–H and O–H groups in total. The molecule has 1 heterocycles. The lowest BCUT2D eigenvalue weighted by Gasteiger charge is -2.45. The quantitative estimate of drug-likeness (QED) is 0.649. The van der Waals surface area contributed by atoms with Gasteiger partial charge in [-0.2, -0.15) is 5.26 Å². The SMILES string of the molecule is Cc1ccc(CS(C)(C)C(C)(C)C)cc1C1=C(C#N)C(C)(O)NC(C(C)(C)C)=C1. The summed E-state index contributed by atoms with van der Waals surface area (Å²) < 4.78 is 0.257. The van der Waals surface area contributed by atoms with E-state index in [2.05, 4.69) is 90.6 Å². The molecule has 29 heavy (non-hydrogen) atoms. The molecule has 0 saturated carbocycles. The van der Waals surface area contributed by atoms with Crippen molar-refractivity contribution in [1.29, 1.82) is 5.26 Å². The zero-order valence-electron chi connectivity index (χ0n) is 19.8. The maximum Gasteiger partial charge on any atom is 0.169 e. The molecule has 0 spiro atoms. The van der Waals surface area contributed by atoms with Crippen LogP contribution in [0.3, 0.4) is 0 Å². The molecule has 0 radical (unpaired) electrons. The topological polar surface area (TPSA) is 56.0 Å². The van der Waals surface area contributed by atoms with Crippen LogP contribution in [0, 0.1) is 23.7 Å². The van der Waals surface area contributed by atoms with E-state index in [1.54, 1.807) is 6.92 Å². The second-order valence-electron chi connectivity index (χ2n) is 10.8. The Morgan fingerprint density at radius 3 is 2.21 bits per heavy atom. The summed E-state index contributed by atoms with van der Waals surface area (Å²) in [4.78, 5) is 0. The highest BCUT2D eigenvalue weighted by atomic mass is 32.3. The summed E-state index contributed by atoms with van der Waals surface area (Å²) in [7, 11) is -0.845. The lowest BCUT2D eigenvalue weighted by atomic mass is 9.82. The molecule has 4 heteroatoms. The maximum absolute atomic E-state index is 11.0. The number of hydrogen-bond donors (Lipinski definition) is 2. The Labute approximate surface area is 179 Å². The van der Waals surface area contributed by atoms with Crippen molar-refractivity contribution < 1.29 is 5.11 Å². The van der Waals surface area contributed by atoms with Crippen LogP contribution in [-0.4, -0.2) is 28.1 Å². The molecule has 1 aliphatic rings. The van der Waals surface area contributed by atoms with Gasteiger partial charge in [-0.3, -0.25) is 0 Å². The molecular weight excluding hydrogens is 376 g/mol. The lowest BCUT2D eigenvalue weighted by molar-refractivity contribution is 0.0694. The Kier molecular flexibility index (Phi) is 6.12. The first-order valence-corrected chi connectivity index (χ1v) is 12.8. The van der Waals surface area contributed by atoms with Gasteiger partial charge in [0, 0.05) is 22.4 Å². The molecule has 160 valence electrons. The minimum Gasteiger partial charge on any atom is -0.366 e. The molecular formula is C25H38N2OS. The first kappa shape index (κ1) is 23.6. The van der Waals surface area contributed by atoms with Crippen LogP contribution in [0.5, 0.6) is 0 Å². The van der Waals surface area contributed by atoms with Gasteiger partial charge in [-0.1, -0.05) is 59.7 Å². The number of aryl methyl sites for hydroxylation is 1. The molecule has 3 nitrogen and oxygen atoms in total. The summed E-state index contributed by atoms with van der Waals surface area (Å²) in [6.07, 6.45) is 6.82. The van der Waals surface area contributed by atoms with Crippen LogP contribution in [0.1, 0.15) is 65.2 Å². The van der Waals surface area contributed by atoms with E-state index in [0.717, 1.165) is 28.1 Å². The van der Waals surface area contributed by atoms with E-state index in [1.165, 1.54) is 5.56 Å². The van der Waals surface area contributed by atoms with Gasteiger partial charge in [0.25, 0.3) is 0 Å². The number of aliphatic hydroxyl groups is 1. The normalized spacial score (nSPS) is 21.4. The maximum atomic E-state index is 11.0. The molecule has 0 aromatic heterocycles. The Morgan fingerprint density at radius 1 is 1.14 bits per heavy atom. The third-order valence-electron chi connectivity index (χ3n) is 6.12. The fraction of sp³-hybridized carbons (Fsp3) is 0.560. The molecule has 0 amide bonds. The van der Waals surface area contributed by atoms with Crippen LogP contribution in [0.4, 0.5) is 0 Å². The number of nitriles is 1. The minimum absolute atomic E-state index is 0.167. The van der Waals surface area contributed by atoms with E-state index in [1.807, 2.05) is 6.08 Å². The second-order valence-corrected chi connectivity index (χ2v) is 15.4. The fourth-order valence-corrected chi connectivity index (χ4v) is 4.75. The van der Waals surface area contributed by atoms with Gasteiger partial charge in [0.05, 0.1) is 5.57 Å². The largest absolute Gasteiger partial charge is 0.366 e. The van der Waals surface area contributed by atoms with Gasteiger partial charge in [-0.15, -0.1) is 0 Å². The molecule has 0 fully saturated rings. The Morgan fingerprint density at radius 2 is 1.72 bits per heavy atom. The Balaban J connectivity index is 2.67. The van der Waals surface area contributed by atoms with Crippen LogP contribution in [0.15, 0.2) is 35.5 Å². The lowest BCUT2D eigenvalue weighted by Crippen LogP contribution is -2.48. The monoisotopic (exact) mass is 414 g/mol. The molecule has 1 aliphatic heterocycles. The summed E-state index contributed by atoms with van der Waals surface area (Å²) in [5.41, 5.74) is 4.00. The van der Waals surface area contributed by atoms with Gasteiger partial charge >= 0.3 is 0 Å². The van der Waals surface area contributed by atoms with Gasteiger partial charge in [0.15, 0.2) is 5.72 Å². The summed E-state index contributed by atoms with van der Waals surface area (Å²) >= 11 is 0. The van der Waals surface area contributed by atoms with Crippen molar-refractivity contribution in [3.63, 3.8) is 0 Å². The van der Waals surface area contributed by atoms with Crippen molar-refractivity contribution in [2.45, 2.75) is 71.6 Å². The predicted octanol–water partition coefficient (Wildman–Crippen LogP) is 5.88. The Hall–Kier alpha value is -1.70. The number of benzene rings is 1. The van der Waals surface area contributed by atoms with Crippen LogP contribution in [0.25, 0.3) is 5.57 Å². The smallest absolute Gasteiger partial charge is 0.169 e. The first-order chi connectivity index (χ1) is 13.0. The average Bonchev–Trinajstić information content (AvgIpc) is 2.53. The zero-order valence-corrected chi connectivity index (χ0v) is 20.6. The van der Waals surface area contributed by atoms with E-state index in [9.17, 15) is 10.4 Å². The molecule has 0 aliphatic carbocycles. The van der Waals surface area contributed by atoms with E-state index in [0.29, 0.717) is 5.57 Å². The molecule has 0 bridgehead atoms. The fourth-order valence-electron chi connectivity index (χ4n) is 3.31. The Bertz CT molecular complexity index is 900. The summed E-state index contributed by atoms with van der Waals surface area (Å²) in [6.45, 7) is 17.0. The summed E-state index contributed by atoms with van der Waals surface area (Å²) in [6, 6.07) is 8.84. The molecule has 1 unspecified atom stereocenters. The second kappa shape index (κ2) is 7.52. The number of hydrogen-bond acceptors (Lipinski definition) is 3. The summed E-state index contributed by atoms with van der Waals surface area (Å²) in [5.74, 6) is 1.03. The first-order valence-electron chi connectivity index (χ1n) is 10.2. The predicted molar refractivity (Wildman–Crippen MR) is 128 cm³/mol. The highest BCUT2D eigenvalue weighted by Crippen LogP contribution is 2.55. The minimum atomic E-state index is -1.39. The zero-order chi connectivity index (χ0) is 22.4. The van der Waals surface area contributed by atoms with Gasteiger partial charge in [0.1, 0.15) is 6.07 Å². The summed E-state index contributed by atoms with van der Waals surface area (Å²) in [5, 5.41) is 24.1. The number of nitrogens with one attached hydrogen (secondary N) is 1. The van der Waals surface area contributed by atoms with Gasteiger partial charge in [-0.25, -0.2) is 10.0 Å². The highest BCUT2D eigenvalue weighted by Gasteiger charge is 2.37. The molecule has 1 aromatic rings.